The summed E-state index contributed by atoms with van der Waals surface area (Å²) in [6.45, 7) is 0.135. The number of halogens is 1. The smallest absolute Gasteiger partial charge is 0.243 e. The summed E-state index contributed by atoms with van der Waals surface area (Å²) in [5, 5.41) is 8.80. The van der Waals surface area contributed by atoms with Gasteiger partial charge >= 0.3 is 0 Å². The zero-order chi connectivity index (χ0) is 20.5. The predicted molar refractivity (Wildman–Crippen MR) is 121 cm³/mol. The van der Waals surface area contributed by atoms with Gasteiger partial charge in [0.15, 0.2) is 0 Å². The van der Waals surface area contributed by atoms with E-state index in [1.165, 1.54) is 0 Å². The lowest BCUT2D eigenvalue weighted by Gasteiger charge is -2.11. The summed E-state index contributed by atoms with van der Waals surface area (Å²) in [6.07, 6.45) is 1.08. The van der Waals surface area contributed by atoms with E-state index in [9.17, 15) is 9.59 Å². The molecule has 3 N–H and O–H groups in total. The molecule has 0 aromatic heterocycles. The summed E-state index contributed by atoms with van der Waals surface area (Å²) < 4.78 is 0.896. The Kier molecular flexibility index (Phi) is 7.41. The molecule has 0 spiro atoms. The standard InChI is InChI=1S/C23H22BrN3O2/c24-20-11-4-5-12-21(20)25-16-23(29)27-19-10-6-9-18(15-19)26-22(28)14-13-17-7-2-1-3-8-17/h1-12,15,25H,13-14,16H2,(H,26,28)(H,27,29). The van der Waals surface area contributed by atoms with Crippen LogP contribution in [0.25, 0.3) is 0 Å². The van der Waals surface area contributed by atoms with Gasteiger partial charge in [-0.3, -0.25) is 9.59 Å². The second kappa shape index (κ2) is 10.4. The van der Waals surface area contributed by atoms with Crippen LogP contribution >= 0.6 is 15.9 Å². The van der Waals surface area contributed by atoms with E-state index in [0.717, 1.165) is 15.7 Å². The largest absolute Gasteiger partial charge is 0.375 e. The van der Waals surface area contributed by atoms with E-state index in [4.69, 9.17) is 0 Å². The number of para-hydroxylation sites is 1. The molecule has 2 amide bonds. The van der Waals surface area contributed by atoms with Crippen LogP contribution in [0.3, 0.4) is 0 Å². The predicted octanol–water partition coefficient (Wildman–Crippen LogP) is 5.07. The molecule has 29 heavy (non-hydrogen) atoms. The van der Waals surface area contributed by atoms with Gasteiger partial charge in [-0.15, -0.1) is 0 Å². The number of rotatable bonds is 8. The minimum Gasteiger partial charge on any atom is -0.375 e. The van der Waals surface area contributed by atoms with Crippen molar-refractivity contribution < 1.29 is 9.59 Å². The molecule has 6 heteroatoms. The van der Waals surface area contributed by atoms with Gasteiger partial charge in [0, 0.05) is 28.0 Å². The van der Waals surface area contributed by atoms with Gasteiger partial charge in [0.05, 0.1) is 6.54 Å². The number of amides is 2. The number of nitrogens with one attached hydrogen (secondary N) is 3. The second-order valence-electron chi connectivity index (χ2n) is 6.50. The first-order chi connectivity index (χ1) is 14.1. The molecule has 3 rings (SSSR count). The normalized spacial score (nSPS) is 10.2. The van der Waals surface area contributed by atoms with Crippen molar-refractivity contribution in [2.75, 3.05) is 22.5 Å². The first-order valence-corrected chi connectivity index (χ1v) is 10.1. The van der Waals surface area contributed by atoms with Crippen LogP contribution in [0.2, 0.25) is 0 Å². The summed E-state index contributed by atoms with van der Waals surface area (Å²) >= 11 is 3.44. The highest BCUT2D eigenvalue weighted by atomic mass is 79.9. The average Bonchev–Trinajstić information content (AvgIpc) is 2.73. The number of hydrogen-bond acceptors (Lipinski definition) is 3. The monoisotopic (exact) mass is 451 g/mol. The van der Waals surface area contributed by atoms with Gasteiger partial charge in [-0.05, 0) is 58.2 Å². The van der Waals surface area contributed by atoms with Crippen molar-refractivity contribution in [1.82, 2.24) is 0 Å². The zero-order valence-corrected chi connectivity index (χ0v) is 17.4. The zero-order valence-electron chi connectivity index (χ0n) is 15.8. The molecule has 0 bridgehead atoms. The van der Waals surface area contributed by atoms with Crippen molar-refractivity contribution >= 4 is 44.8 Å². The number of carbonyl (C=O) groups is 2. The van der Waals surface area contributed by atoms with Crippen molar-refractivity contribution in [3.05, 3.63) is 88.9 Å². The minimum absolute atomic E-state index is 0.0621. The van der Waals surface area contributed by atoms with Crippen LogP contribution in [-0.2, 0) is 16.0 Å². The molecule has 0 heterocycles. The lowest BCUT2D eigenvalue weighted by atomic mass is 10.1. The quantitative estimate of drug-likeness (QED) is 0.447. The van der Waals surface area contributed by atoms with Crippen molar-refractivity contribution in [1.29, 1.82) is 0 Å². The van der Waals surface area contributed by atoms with Crippen LogP contribution < -0.4 is 16.0 Å². The maximum atomic E-state index is 12.2. The fraction of sp³-hybridized carbons (Fsp3) is 0.130. The third-order valence-electron chi connectivity index (χ3n) is 4.23. The van der Waals surface area contributed by atoms with E-state index in [1.807, 2.05) is 54.6 Å². The summed E-state index contributed by atoms with van der Waals surface area (Å²) in [4.78, 5) is 24.4. The molecule has 0 radical (unpaired) electrons. The van der Waals surface area contributed by atoms with E-state index < -0.39 is 0 Å². The van der Waals surface area contributed by atoms with Crippen LogP contribution in [0.5, 0.6) is 0 Å². The van der Waals surface area contributed by atoms with Crippen molar-refractivity contribution in [3.63, 3.8) is 0 Å². The maximum absolute atomic E-state index is 12.2. The minimum atomic E-state index is -0.173. The molecule has 148 valence electrons. The average molecular weight is 452 g/mol. The van der Waals surface area contributed by atoms with Gasteiger partial charge in [0.1, 0.15) is 0 Å². The van der Waals surface area contributed by atoms with Gasteiger partial charge in [-0.1, -0.05) is 48.5 Å². The number of hydrogen-bond donors (Lipinski definition) is 3. The molecule has 0 fully saturated rings. The van der Waals surface area contributed by atoms with Crippen LogP contribution in [-0.4, -0.2) is 18.4 Å². The molecule has 3 aromatic rings. The molecule has 0 aliphatic heterocycles. The van der Waals surface area contributed by atoms with Gasteiger partial charge < -0.3 is 16.0 Å². The highest BCUT2D eigenvalue weighted by Gasteiger charge is 2.07. The van der Waals surface area contributed by atoms with Crippen molar-refractivity contribution in [2.24, 2.45) is 0 Å². The Balaban J connectivity index is 1.49. The topological polar surface area (TPSA) is 70.2 Å². The van der Waals surface area contributed by atoms with E-state index in [0.29, 0.717) is 24.2 Å². The molecule has 0 aliphatic rings. The Morgan fingerprint density at radius 2 is 1.41 bits per heavy atom. The first-order valence-electron chi connectivity index (χ1n) is 9.32. The third kappa shape index (κ3) is 6.76. The van der Waals surface area contributed by atoms with Crippen LogP contribution in [0.1, 0.15) is 12.0 Å². The fourth-order valence-electron chi connectivity index (χ4n) is 2.79. The highest BCUT2D eigenvalue weighted by Crippen LogP contribution is 2.21. The van der Waals surface area contributed by atoms with Crippen molar-refractivity contribution in [2.45, 2.75) is 12.8 Å². The Hall–Kier alpha value is -3.12. The lowest BCUT2D eigenvalue weighted by Crippen LogP contribution is -2.22. The molecule has 0 unspecified atom stereocenters. The summed E-state index contributed by atoms with van der Waals surface area (Å²) in [5.41, 5.74) is 3.26. The second-order valence-corrected chi connectivity index (χ2v) is 7.35. The van der Waals surface area contributed by atoms with E-state index >= 15 is 0 Å². The Morgan fingerprint density at radius 1 is 0.759 bits per heavy atom. The maximum Gasteiger partial charge on any atom is 0.243 e. The molecular formula is C23H22BrN3O2. The number of aryl methyl sites for hydroxylation is 1. The van der Waals surface area contributed by atoms with E-state index in [-0.39, 0.29) is 18.4 Å². The molecule has 0 saturated heterocycles. The van der Waals surface area contributed by atoms with Crippen LogP contribution in [0.4, 0.5) is 17.1 Å². The van der Waals surface area contributed by atoms with E-state index in [1.54, 1.807) is 24.3 Å². The van der Waals surface area contributed by atoms with Gasteiger partial charge in [-0.2, -0.15) is 0 Å². The molecule has 5 nitrogen and oxygen atoms in total. The summed E-state index contributed by atoms with van der Waals surface area (Å²) in [7, 11) is 0. The van der Waals surface area contributed by atoms with Gasteiger partial charge in [0.25, 0.3) is 0 Å². The van der Waals surface area contributed by atoms with Gasteiger partial charge in [-0.25, -0.2) is 0 Å². The molecule has 0 atom stereocenters. The van der Waals surface area contributed by atoms with Gasteiger partial charge in [0.2, 0.25) is 11.8 Å². The first kappa shape index (κ1) is 20.6. The third-order valence-corrected chi connectivity index (χ3v) is 4.92. The molecule has 0 aliphatic carbocycles. The van der Waals surface area contributed by atoms with Crippen molar-refractivity contribution in [3.8, 4) is 0 Å². The van der Waals surface area contributed by atoms with E-state index in [2.05, 4.69) is 31.9 Å². The Morgan fingerprint density at radius 3 is 2.14 bits per heavy atom. The van der Waals surface area contributed by atoms with Crippen LogP contribution in [0.15, 0.2) is 83.3 Å². The highest BCUT2D eigenvalue weighted by molar-refractivity contribution is 9.10. The fourth-order valence-corrected chi connectivity index (χ4v) is 3.21. The Bertz CT molecular complexity index is 977. The molecular weight excluding hydrogens is 430 g/mol. The number of anilines is 3. The molecule has 0 saturated carbocycles. The summed E-state index contributed by atoms with van der Waals surface area (Å²) in [5.74, 6) is -0.235. The SMILES string of the molecule is O=C(CCc1ccccc1)Nc1cccc(NC(=O)CNc2ccccc2Br)c1. The number of benzene rings is 3. The van der Waals surface area contributed by atoms with Crippen LogP contribution in [0, 0.1) is 0 Å². The Labute approximate surface area is 178 Å². The molecule has 3 aromatic carbocycles. The summed E-state index contributed by atoms with van der Waals surface area (Å²) in [6, 6.07) is 24.6. The lowest BCUT2D eigenvalue weighted by molar-refractivity contribution is -0.116. The number of carbonyl (C=O) groups excluding carboxylic acids is 2.